The van der Waals surface area contributed by atoms with Gasteiger partial charge in [-0.1, -0.05) is 22.0 Å². The standard InChI is InChI=1S/C11H15BrFNO3/c1-16-9(17-2)6-11(12)5-7(10(14)15)3-4-8(11)13/h3-4,9H,5-6H2,1-2H3,(H2,14,15). The molecule has 0 aromatic rings. The van der Waals surface area contributed by atoms with Crippen LogP contribution in [-0.2, 0) is 14.3 Å². The molecule has 0 radical (unpaired) electrons. The predicted molar refractivity (Wildman–Crippen MR) is 65.2 cm³/mol. The lowest BCUT2D eigenvalue weighted by Gasteiger charge is -2.31. The number of hydrogen-bond donors (Lipinski definition) is 1. The first-order valence-corrected chi connectivity index (χ1v) is 5.83. The first-order chi connectivity index (χ1) is 7.92. The number of primary amides is 1. The van der Waals surface area contributed by atoms with Crippen LogP contribution in [0.5, 0.6) is 0 Å². The molecule has 1 rings (SSSR count). The zero-order valence-electron chi connectivity index (χ0n) is 9.70. The van der Waals surface area contributed by atoms with Crippen molar-refractivity contribution in [2.45, 2.75) is 23.5 Å². The van der Waals surface area contributed by atoms with Crippen molar-refractivity contribution < 1.29 is 18.7 Å². The van der Waals surface area contributed by atoms with Crippen LogP contribution in [0, 0.1) is 0 Å². The van der Waals surface area contributed by atoms with Crippen molar-refractivity contribution in [3.8, 4) is 0 Å². The molecular formula is C11H15BrFNO3. The monoisotopic (exact) mass is 307 g/mol. The third-order valence-electron chi connectivity index (χ3n) is 2.66. The zero-order chi connectivity index (χ0) is 13.1. The molecule has 4 nitrogen and oxygen atoms in total. The number of rotatable bonds is 5. The fraction of sp³-hybridized carbons (Fsp3) is 0.545. The van der Waals surface area contributed by atoms with E-state index in [1.807, 2.05) is 0 Å². The molecule has 0 spiro atoms. The summed E-state index contributed by atoms with van der Waals surface area (Å²) in [5.41, 5.74) is 5.56. The molecule has 0 aromatic carbocycles. The molecule has 1 aliphatic rings. The zero-order valence-corrected chi connectivity index (χ0v) is 11.3. The van der Waals surface area contributed by atoms with Gasteiger partial charge in [-0.3, -0.25) is 4.79 Å². The molecule has 6 heteroatoms. The Bertz CT molecular complexity index is 366. The van der Waals surface area contributed by atoms with Crippen LogP contribution in [0.1, 0.15) is 12.8 Å². The van der Waals surface area contributed by atoms with Gasteiger partial charge in [-0.25, -0.2) is 4.39 Å². The molecule has 0 saturated carbocycles. The highest BCUT2D eigenvalue weighted by Crippen LogP contribution is 2.42. The van der Waals surface area contributed by atoms with Crippen LogP contribution in [0.3, 0.4) is 0 Å². The third-order valence-corrected chi connectivity index (χ3v) is 3.64. The summed E-state index contributed by atoms with van der Waals surface area (Å²) in [6, 6.07) is 0. The molecule has 96 valence electrons. The van der Waals surface area contributed by atoms with Gasteiger partial charge in [0.25, 0.3) is 0 Å². The average Bonchev–Trinajstić information content (AvgIpc) is 2.29. The summed E-state index contributed by atoms with van der Waals surface area (Å²) in [5, 5.41) is 0. The molecule has 0 heterocycles. The van der Waals surface area contributed by atoms with Gasteiger partial charge in [0.2, 0.25) is 5.91 Å². The summed E-state index contributed by atoms with van der Waals surface area (Å²) in [5.74, 6) is -0.925. The third kappa shape index (κ3) is 3.37. The van der Waals surface area contributed by atoms with E-state index in [0.29, 0.717) is 5.57 Å². The van der Waals surface area contributed by atoms with E-state index in [1.165, 1.54) is 26.4 Å². The normalized spacial score (nSPS) is 24.5. The maximum absolute atomic E-state index is 13.8. The second-order valence-corrected chi connectivity index (χ2v) is 5.34. The Hall–Kier alpha value is -0.720. The molecule has 1 atom stereocenters. The van der Waals surface area contributed by atoms with Crippen LogP contribution in [-0.4, -0.2) is 30.7 Å². The highest BCUT2D eigenvalue weighted by atomic mass is 79.9. The van der Waals surface area contributed by atoms with E-state index in [0.717, 1.165) is 0 Å². The first-order valence-electron chi connectivity index (χ1n) is 5.04. The minimum Gasteiger partial charge on any atom is -0.366 e. The minimum absolute atomic E-state index is 0.174. The molecular weight excluding hydrogens is 293 g/mol. The van der Waals surface area contributed by atoms with Crippen LogP contribution in [0.4, 0.5) is 4.39 Å². The van der Waals surface area contributed by atoms with Crippen molar-refractivity contribution in [3.05, 3.63) is 23.6 Å². The number of halogens is 2. The number of carbonyl (C=O) groups excluding carboxylic acids is 1. The summed E-state index contributed by atoms with van der Waals surface area (Å²) in [4.78, 5) is 11.1. The Kier molecular flexibility index (Phi) is 4.85. The van der Waals surface area contributed by atoms with E-state index in [2.05, 4.69) is 15.9 Å². The molecule has 1 unspecified atom stereocenters. The molecule has 0 saturated heterocycles. The van der Waals surface area contributed by atoms with Gasteiger partial charge < -0.3 is 15.2 Å². The summed E-state index contributed by atoms with van der Waals surface area (Å²) in [6.45, 7) is 0. The summed E-state index contributed by atoms with van der Waals surface area (Å²) in [6.07, 6.45) is 2.49. The topological polar surface area (TPSA) is 61.5 Å². The van der Waals surface area contributed by atoms with Crippen molar-refractivity contribution in [2.75, 3.05) is 14.2 Å². The van der Waals surface area contributed by atoms with Gasteiger partial charge >= 0.3 is 0 Å². The van der Waals surface area contributed by atoms with E-state index in [1.54, 1.807) is 0 Å². The lowest BCUT2D eigenvalue weighted by Crippen LogP contribution is -2.34. The first kappa shape index (κ1) is 14.3. The number of nitrogens with two attached hydrogens (primary N) is 1. The van der Waals surface area contributed by atoms with Crippen molar-refractivity contribution in [2.24, 2.45) is 5.73 Å². The molecule has 1 aliphatic carbocycles. The number of amides is 1. The van der Waals surface area contributed by atoms with Gasteiger partial charge in [0.1, 0.15) is 5.83 Å². The minimum atomic E-state index is -0.997. The molecule has 1 amide bonds. The molecule has 0 aromatic heterocycles. The van der Waals surface area contributed by atoms with Gasteiger partial charge in [0, 0.05) is 26.2 Å². The second-order valence-electron chi connectivity index (χ2n) is 3.82. The summed E-state index contributed by atoms with van der Waals surface area (Å²) < 4.78 is 22.9. The van der Waals surface area contributed by atoms with Gasteiger partial charge in [0.05, 0.1) is 4.32 Å². The van der Waals surface area contributed by atoms with Gasteiger partial charge in [-0.15, -0.1) is 0 Å². The Labute approximate surface area is 108 Å². The van der Waals surface area contributed by atoms with Gasteiger partial charge in [-0.2, -0.15) is 0 Å². The average molecular weight is 308 g/mol. The number of allylic oxidation sites excluding steroid dienone is 3. The fourth-order valence-corrected chi connectivity index (χ4v) is 2.33. The number of ether oxygens (including phenoxy) is 2. The molecule has 0 aliphatic heterocycles. The predicted octanol–water partition coefficient (Wildman–Crippen LogP) is 1.80. The molecule has 2 N–H and O–H groups in total. The summed E-state index contributed by atoms with van der Waals surface area (Å²) in [7, 11) is 2.94. The van der Waals surface area contributed by atoms with E-state index in [4.69, 9.17) is 15.2 Å². The largest absolute Gasteiger partial charge is 0.366 e. The molecule has 0 bridgehead atoms. The highest BCUT2D eigenvalue weighted by molar-refractivity contribution is 9.10. The van der Waals surface area contributed by atoms with E-state index in [-0.39, 0.29) is 18.7 Å². The van der Waals surface area contributed by atoms with E-state index in [9.17, 15) is 9.18 Å². The van der Waals surface area contributed by atoms with E-state index < -0.39 is 16.5 Å². The maximum atomic E-state index is 13.8. The smallest absolute Gasteiger partial charge is 0.244 e. The molecule has 17 heavy (non-hydrogen) atoms. The number of carbonyl (C=O) groups is 1. The fourth-order valence-electron chi connectivity index (χ4n) is 1.63. The SMILES string of the molecule is COC(CC1(Br)CC(C(N)=O)=CC=C1F)OC. The quantitative estimate of drug-likeness (QED) is 0.622. The van der Waals surface area contributed by atoms with Crippen LogP contribution in [0.2, 0.25) is 0 Å². The lowest BCUT2D eigenvalue weighted by atomic mass is 9.89. The van der Waals surface area contributed by atoms with Crippen molar-refractivity contribution >= 4 is 21.8 Å². The number of hydrogen-bond acceptors (Lipinski definition) is 3. The maximum Gasteiger partial charge on any atom is 0.244 e. The van der Waals surface area contributed by atoms with Gasteiger partial charge in [0.15, 0.2) is 6.29 Å². The Morgan fingerprint density at radius 1 is 1.59 bits per heavy atom. The Morgan fingerprint density at radius 2 is 2.18 bits per heavy atom. The van der Waals surface area contributed by atoms with Crippen LogP contribution in [0.25, 0.3) is 0 Å². The highest BCUT2D eigenvalue weighted by Gasteiger charge is 2.38. The van der Waals surface area contributed by atoms with Crippen molar-refractivity contribution in [1.82, 2.24) is 0 Å². The van der Waals surface area contributed by atoms with Crippen LogP contribution >= 0.6 is 15.9 Å². The number of alkyl halides is 1. The number of methoxy groups -OCH3 is 2. The van der Waals surface area contributed by atoms with E-state index >= 15 is 0 Å². The van der Waals surface area contributed by atoms with Crippen molar-refractivity contribution in [1.29, 1.82) is 0 Å². The van der Waals surface area contributed by atoms with Crippen molar-refractivity contribution in [3.63, 3.8) is 0 Å². The second kappa shape index (κ2) is 5.75. The summed E-state index contributed by atoms with van der Waals surface area (Å²) >= 11 is 3.30. The molecule has 0 fully saturated rings. The Balaban J connectivity index is 2.87. The lowest BCUT2D eigenvalue weighted by molar-refractivity contribution is -0.116. The van der Waals surface area contributed by atoms with Gasteiger partial charge in [-0.05, 0) is 12.5 Å². The van der Waals surface area contributed by atoms with Crippen LogP contribution < -0.4 is 5.73 Å². The Morgan fingerprint density at radius 3 is 2.65 bits per heavy atom. The van der Waals surface area contributed by atoms with Crippen LogP contribution in [0.15, 0.2) is 23.6 Å².